The molecule has 2 aromatic carbocycles. The smallest absolute Gasteiger partial charge is 0.407 e. The zero-order valence-electron chi connectivity index (χ0n) is 18.8. The number of benzene rings is 2. The van der Waals surface area contributed by atoms with E-state index in [4.69, 9.17) is 20.6 Å². The van der Waals surface area contributed by atoms with Crippen molar-refractivity contribution in [3.63, 3.8) is 0 Å². The summed E-state index contributed by atoms with van der Waals surface area (Å²) in [7, 11) is 1.61. The lowest BCUT2D eigenvalue weighted by Crippen LogP contribution is -2.63. The predicted octanol–water partition coefficient (Wildman–Crippen LogP) is 2.93. The number of hydrogen-bond acceptors (Lipinski definition) is 8. The number of alkyl carbamates (subject to hydrolysis) is 1. The van der Waals surface area contributed by atoms with E-state index in [0.29, 0.717) is 30.5 Å². The molecule has 9 nitrogen and oxygen atoms in total. The Hall–Kier alpha value is -4.03. The monoisotopic (exact) mass is 459 g/mol. The standard InChI is InChI=1S/C25H25N5O4/c1-3-17-6-4-7-18(10-17)29-23-19-11-22(21(32-2)12-20(19)27-16-28-23)33-9-5-8-30-14-25(15-30)13-26-24(31)34-25/h1,4,6-7,10-12,16H,5,8-9,13-15H2,2H3,(H,26,31)(H,27,28,29). The van der Waals surface area contributed by atoms with Crippen LogP contribution < -0.4 is 20.1 Å². The van der Waals surface area contributed by atoms with E-state index >= 15 is 0 Å². The Balaban J connectivity index is 1.25. The third-order valence-corrected chi connectivity index (χ3v) is 5.98. The van der Waals surface area contributed by atoms with Crippen LogP contribution in [0.3, 0.4) is 0 Å². The highest BCUT2D eigenvalue weighted by Gasteiger charge is 2.49. The number of ether oxygens (including phenoxy) is 3. The average Bonchev–Trinajstić information content (AvgIpc) is 3.23. The largest absolute Gasteiger partial charge is 0.493 e. The second-order valence-corrected chi connectivity index (χ2v) is 8.43. The van der Waals surface area contributed by atoms with E-state index in [1.807, 2.05) is 36.4 Å². The number of hydrogen-bond donors (Lipinski definition) is 2. The van der Waals surface area contributed by atoms with Gasteiger partial charge in [0.15, 0.2) is 17.1 Å². The fourth-order valence-corrected chi connectivity index (χ4v) is 4.33. The van der Waals surface area contributed by atoms with Crippen LogP contribution >= 0.6 is 0 Å². The second-order valence-electron chi connectivity index (χ2n) is 8.43. The quantitative estimate of drug-likeness (QED) is 0.392. The molecule has 0 aliphatic carbocycles. The van der Waals surface area contributed by atoms with Gasteiger partial charge in [0.2, 0.25) is 0 Å². The molecule has 0 atom stereocenters. The first-order valence-corrected chi connectivity index (χ1v) is 11.1. The number of likely N-dealkylation sites (tertiary alicyclic amines) is 1. The van der Waals surface area contributed by atoms with Gasteiger partial charge in [-0.2, -0.15) is 0 Å². The van der Waals surface area contributed by atoms with E-state index in [1.54, 1.807) is 7.11 Å². The Morgan fingerprint density at radius 2 is 2.15 bits per heavy atom. The molecule has 5 rings (SSSR count). The van der Waals surface area contributed by atoms with Gasteiger partial charge in [0, 0.05) is 42.3 Å². The SMILES string of the molecule is C#Cc1cccc(Nc2ncnc3cc(OC)c(OCCCN4CC5(CNC(=O)O5)C4)cc23)c1. The Kier molecular flexibility index (Phi) is 5.82. The van der Waals surface area contributed by atoms with Gasteiger partial charge in [0.05, 0.1) is 25.8 Å². The van der Waals surface area contributed by atoms with Gasteiger partial charge < -0.3 is 24.8 Å². The van der Waals surface area contributed by atoms with Crippen molar-refractivity contribution in [2.24, 2.45) is 0 Å². The van der Waals surface area contributed by atoms with Crippen molar-refractivity contribution in [2.75, 3.05) is 45.2 Å². The number of nitrogens with zero attached hydrogens (tertiary/aromatic N) is 3. The number of amides is 1. The lowest BCUT2D eigenvalue weighted by Gasteiger charge is -2.45. The number of carbonyl (C=O) groups is 1. The lowest BCUT2D eigenvalue weighted by atomic mass is 9.94. The van der Waals surface area contributed by atoms with Crippen molar-refractivity contribution < 1.29 is 19.0 Å². The minimum Gasteiger partial charge on any atom is -0.493 e. The molecule has 3 heterocycles. The third-order valence-electron chi connectivity index (χ3n) is 5.98. The third kappa shape index (κ3) is 4.40. The molecule has 9 heteroatoms. The zero-order valence-corrected chi connectivity index (χ0v) is 18.8. The number of aromatic nitrogens is 2. The summed E-state index contributed by atoms with van der Waals surface area (Å²) < 4.78 is 17.0. The van der Waals surface area contributed by atoms with E-state index in [9.17, 15) is 4.79 Å². The summed E-state index contributed by atoms with van der Waals surface area (Å²) in [5, 5.41) is 6.85. The molecule has 0 radical (unpaired) electrons. The summed E-state index contributed by atoms with van der Waals surface area (Å²) in [5.74, 6) is 4.52. The molecule has 1 spiro atoms. The molecular formula is C25H25N5O4. The first-order valence-electron chi connectivity index (χ1n) is 11.1. The lowest BCUT2D eigenvalue weighted by molar-refractivity contribution is -0.0735. The van der Waals surface area contributed by atoms with Crippen LogP contribution in [0, 0.1) is 12.3 Å². The van der Waals surface area contributed by atoms with Gasteiger partial charge in [-0.05, 0) is 30.7 Å². The first-order chi connectivity index (χ1) is 16.6. The number of rotatable bonds is 8. The number of carbonyl (C=O) groups excluding carboxylic acids is 1. The number of methoxy groups -OCH3 is 1. The maximum absolute atomic E-state index is 11.3. The van der Waals surface area contributed by atoms with E-state index in [0.717, 1.165) is 48.2 Å². The summed E-state index contributed by atoms with van der Waals surface area (Å²) in [6.07, 6.45) is 7.53. The Labute approximate surface area is 197 Å². The molecule has 3 aromatic rings. The zero-order chi connectivity index (χ0) is 23.5. The van der Waals surface area contributed by atoms with E-state index in [2.05, 4.69) is 31.4 Å². The van der Waals surface area contributed by atoms with Gasteiger partial charge >= 0.3 is 6.09 Å². The molecule has 0 saturated carbocycles. The van der Waals surface area contributed by atoms with Crippen LogP contribution in [0.5, 0.6) is 11.5 Å². The molecule has 0 bridgehead atoms. The predicted molar refractivity (Wildman–Crippen MR) is 128 cm³/mol. The minimum absolute atomic E-state index is 0.326. The fourth-order valence-electron chi connectivity index (χ4n) is 4.33. The number of terminal acetylenes is 1. The van der Waals surface area contributed by atoms with E-state index in [-0.39, 0.29) is 11.7 Å². The van der Waals surface area contributed by atoms with Crippen LogP contribution in [-0.2, 0) is 4.74 Å². The van der Waals surface area contributed by atoms with E-state index in [1.165, 1.54) is 6.33 Å². The van der Waals surface area contributed by atoms with Gasteiger partial charge in [-0.3, -0.25) is 4.90 Å². The Morgan fingerprint density at radius 1 is 1.26 bits per heavy atom. The summed E-state index contributed by atoms with van der Waals surface area (Å²) in [4.78, 5) is 22.3. The van der Waals surface area contributed by atoms with Crippen molar-refractivity contribution in [1.29, 1.82) is 0 Å². The maximum atomic E-state index is 11.3. The Bertz CT molecular complexity index is 1270. The van der Waals surface area contributed by atoms with Crippen LogP contribution in [-0.4, -0.2) is 66.5 Å². The average molecular weight is 460 g/mol. The molecule has 1 amide bonds. The van der Waals surface area contributed by atoms with Crippen LogP contribution in [0.1, 0.15) is 12.0 Å². The van der Waals surface area contributed by atoms with Crippen molar-refractivity contribution >= 4 is 28.5 Å². The van der Waals surface area contributed by atoms with E-state index < -0.39 is 0 Å². The van der Waals surface area contributed by atoms with Crippen LogP contribution in [0.25, 0.3) is 10.9 Å². The molecular weight excluding hydrogens is 434 g/mol. The van der Waals surface area contributed by atoms with Gasteiger partial charge in [-0.25, -0.2) is 14.8 Å². The van der Waals surface area contributed by atoms with Crippen molar-refractivity contribution in [3.05, 3.63) is 48.3 Å². The topological polar surface area (TPSA) is 97.8 Å². The minimum atomic E-state index is -0.345. The molecule has 2 aliphatic rings. The first kappa shape index (κ1) is 21.8. The number of nitrogens with one attached hydrogen (secondary N) is 2. The Morgan fingerprint density at radius 3 is 2.91 bits per heavy atom. The van der Waals surface area contributed by atoms with Crippen LogP contribution in [0.2, 0.25) is 0 Å². The summed E-state index contributed by atoms with van der Waals surface area (Å²) in [6, 6.07) is 11.3. The fraction of sp³-hybridized carbons (Fsp3) is 0.320. The van der Waals surface area contributed by atoms with Gasteiger partial charge in [0.1, 0.15) is 12.1 Å². The van der Waals surface area contributed by atoms with Crippen molar-refractivity contribution in [3.8, 4) is 23.8 Å². The van der Waals surface area contributed by atoms with Gasteiger partial charge in [-0.15, -0.1) is 6.42 Å². The molecule has 2 fully saturated rings. The highest BCUT2D eigenvalue weighted by Crippen LogP contribution is 2.35. The molecule has 2 saturated heterocycles. The highest BCUT2D eigenvalue weighted by molar-refractivity contribution is 5.93. The van der Waals surface area contributed by atoms with Crippen LogP contribution in [0.4, 0.5) is 16.3 Å². The molecule has 174 valence electrons. The van der Waals surface area contributed by atoms with Crippen LogP contribution in [0.15, 0.2) is 42.7 Å². The summed E-state index contributed by atoms with van der Waals surface area (Å²) in [6.45, 7) is 3.45. The number of anilines is 2. The molecule has 2 N–H and O–H groups in total. The second kappa shape index (κ2) is 9.08. The van der Waals surface area contributed by atoms with Gasteiger partial charge in [0.25, 0.3) is 0 Å². The summed E-state index contributed by atoms with van der Waals surface area (Å²) in [5.41, 5.74) is 2.01. The van der Waals surface area contributed by atoms with Crippen molar-refractivity contribution in [2.45, 2.75) is 12.0 Å². The summed E-state index contributed by atoms with van der Waals surface area (Å²) >= 11 is 0. The maximum Gasteiger partial charge on any atom is 0.407 e. The molecule has 1 aromatic heterocycles. The molecule has 2 aliphatic heterocycles. The van der Waals surface area contributed by atoms with Crippen molar-refractivity contribution in [1.82, 2.24) is 20.2 Å². The normalized spacial score (nSPS) is 16.4. The van der Waals surface area contributed by atoms with Gasteiger partial charge in [-0.1, -0.05) is 12.0 Å². The highest BCUT2D eigenvalue weighted by atomic mass is 16.6. The molecule has 0 unspecified atom stereocenters. The number of fused-ring (bicyclic) bond motifs is 1. The molecule has 34 heavy (non-hydrogen) atoms.